The van der Waals surface area contributed by atoms with Crippen molar-refractivity contribution in [1.29, 1.82) is 0 Å². The molecule has 4 aromatic rings. The summed E-state index contributed by atoms with van der Waals surface area (Å²) in [5.74, 6) is 0. The van der Waals surface area contributed by atoms with E-state index in [4.69, 9.17) is 15.3 Å². The van der Waals surface area contributed by atoms with Gasteiger partial charge in [0.1, 0.15) is 17.2 Å². The first kappa shape index (κ1) is 33.4. The van der Waals surface area contributed by atoms with Gasteiger partial charge in [-0.15, -0.1) is 0 Å². The normalized spacial score (nSPS) is 9.54. The van der Waals surface area contributed by atoms with Gasteiger partial charge in [-0.3, -0.25) is 0 Å². The Labute approximate surface area is 234 Å². The number of hydrogen-bond donors (Lipinski definition) is 2. The van der Waals surface area contributed by atoms with E-state index in [1.165, 1.54) is 33.5 Å². The van der Waals surface area contributed by atoms with E-state index in [1.807, 2.05) is 0 Å². The molecule has 9 heteroatoms. The minimum absolute atomic E-state index is 0. The molecule has 192 valence electrons. The second-order valence-electron chi connectivity index (χ2n) is 7.17. The maximum absolute atomic E-state index is 8.47. The van der Waals surface area contributed by atoms with E-state index in [0.717, 1.165) is 0 Å². The Kier molecular flexibility index (Phi) is 17.8. The van der Waals surface area contributed by atoms with Crippen LogP contribution in [0.2, 0.25) is 0 Å². The van der Waals surface area contributed by atoms with Crippen molar-refractivity contribution >= 4 is 47.0 Å². The second kappa shape index (κ2) is 18.6. The van der Waals surface area contributed by atoms with Crippen LogP contribution < -0.4 is 21.2 Å². The third kappa shape index (κ3) is 11.3. The van der Waals surface area contributed by atoms with Gasteiger partial charge in [0.25, 0.3) is 0 Å². The molecule has 35 heavy (non-hydrogen) atoms. The van der Waals surface area contributed by atoms with Crippen LogP contribution in [0.25, 0.3) is 0 Å². The molecule has 0 heterocycles. The zero-order valence-electron chi connectivity index (χ0n) is 19.0. The number of hydrogen-bond acceptors (Lipinski definition) is 1. The molecule has 1 atom stereocenters. The van der Waals surface area contributed by atoms with Crippen molar-refractivity contribution in [3.05, 3.63) is 126 Å². The van der Waals surface area contributed by atoms with E-state index >= 15 is 0 Å². The molecule has 0 amide bonds. The first-order chi connectivity index (χ1) is 15.6. The number of rotatable bonds is 7. The Morgan fingerprint density at radius 1 is 0.486 bits per heavy atom. The topological polar surface area (TPSA) is 60.5 Å². The van der Waals surface area contributed by atoms with Crippen LogP contribution in [0.3, 0.4) is 0 Å². The largest absolute Gasteiger partial charge is 0.472 e. The smallest absolute Gasteiger partial charge is 0.201 e. The molecule has 2 N–H and O–H groups in total. The zero-order valence-corrected chi connectivity index (χ0v) is 24.3. The van der Waals surface area contributed by atoms with Crippen LogP contribution in [0, 0.1) is 4.91 Å². The molecule has 0 saturated heterocycles. The predicted octanol–water partition coefficient (Wildman–Crippen LogP) is 4.31. The molecule has 0 aromatic heterocycles. The molecule has 2 radical (unpaired) electrons. The van der Waals surface area contributed by atoms with Crippen molar-refractivity contribution in [1.82, 2.24) is 0 Å². The van der Waals surface area contributed by atoms with Crippen LogP contribution in [0.5, 0.6) is 0 Å². The molecule has 4 aromatic carbocycles. The Morgan fingerprint density at radius 3 is 0.829 bits per heavy atom. The van der Waals surface area contributed by atoms with E-state index in [0.29, 0.717) is 0 Å². The standard InChI is InChI=1S/C26H24P2.2Cu.H2NO3.H3P/c1-5-13-23(14-6-1)27(24-15-7-2-8-16-24)21-22-28(25-17-9-3-10-18-25)26-19-11-4-12-20-26;;;2-1(3)4;/h1-20H,21-22H2;;;(H2,2,3,4);1H3/q;;;+1;/p+2. The number of benzene rings is 4. The summed E-state index contributed by atoms with van der Waals surface area (Å²) in [6.07, 6.45) is 2.52. The molecule has 1 unspecified atom stereocenters. The van der Waals surface area contributed by atoms with Gasteiger partial charge in [0.05, 0.1) is 37.1 Å². The molecule has 4 nitrogen and oxygen atoms in total. The maximum Gasteiger partial charge on any atom is 0.472 e. The van der Waals surface area contributed by atoms with Crippen molar-refractivity contribution in [2.45, 2.75) is 0 Å². The van der Waals surface area contributed by atoms with Gasteiger partial charge in [0, 0.05) is 34.1 Å². The molecule has 0 saturated carbocycles. The third-order valence-electron chi connectivity index (χ3n) is 5.11. The summed E-state index contributed by atoms with van der Waals surface area (Å²) in [7, 11) is -1.57. The summed E-state index contributed by atoms with van der Waals surface area (Å²) >= 11 is 0. The summed E-state index contributed by atoms with van der Waals surface area (Å²) < 4.78 is 0. The Hall–Kier alpha value is -1.59. The summed E-state index contributed by atoms with van der Waals surface area (Å²) in [6.45, 7) is 0. The summed E-state index contributed by atoms with van der Waals surface area (Å²) in [5.41, 5.74) is 0. The molecule has 0 bridgehead atoms. The predicted molar refractivity (Wildman–Crippen MR) is 149 cm³/mol. The van der Waals surface area contributed by atoms with Crippen LogP contribution in [-0.4, -0.2) is 27.8 Å². The quantitative estimate of drug-likeness (QED) is 0.183. The average Bonchev–Trinajstić information content (AvgIpc) is 2.84. The summed E-state index contributed by atoms with van der Waals surface area (Å²) in [4.78, 5) is 8.47. The van der Waals surface area contributed by atoms with E-state index in [-0.39, 0.29) is 44.0 Å². The molecule has 0 aliphatic carbocycles. The van der Waals surface area contributed by atoms with Gasteiger partial charge in [-0.1, -0.05) is 72.8 Å². The van der Waals surface area contributed by atoms with Gasteiger partial charge < -0.3 is 0 Å². The Bertz CT molecular complexity index is 914. The average molecular weight is 626 g/mol. The van der Waals surface area contributed by atoms with Gasteiger partial charge in [-0.25, -0.2) is 10.4 Å². The van der Waals surface area contributed by atoms with Crippen LogP contribution in [-0.2, 0) is 34.1 Å². The first-order valence-corrected chi connectivity index (χ1v) is 13.8. The summed E-state index contributed by atoms with van der Waals surface area (Å²) in [5, 5.41) is 18.6. The van der Waals surface area contributed by atoms with E-state index < -0.39 is 20.9 Å². The molecule has 0 spiro atoms. The minimum Gasteiger partial charge on any atom is -0.201 e. The van der Waals surface area contributed by atoms with Crippen molar-refractivity contribution < 1.29 is 49.6 Å². The third-order valence-corrected chi connectivity index (χ3v) is 11.2. The molecule has 0 fully saturated rings. The fraction of sp³-hybridized carbons (Fsp3) is 0.0769. The van der Waals surface area contributed by atoms with Gasteiger partial charge in [0.2, 0.25) is 0 Å². The maximum atomic E-state index is 8.47. The fourth-order valence-electron chi connectivity index (χ4n) is 3.72. The van der Waals surface area contributed by atoms with Gasteiger partial charge >= 0.3 is 5.09 Å². The van der Waals surface area contributed by atoms with E-state index in [1.54, 1.807) is 0 Å². The van der Waals surface area contributed by atoms with E-state index in [9.17, 15) is 0 Å². The SMILES string of the molecule is O=[N+](O)O.P.[Cu].[Cu].c1ccc([PH+](CC[PH+](c2ccccc2)c2ccccc2)c2ccccc2)cc1. The molecule has 4 rings (SSSR count). The first-order valence-electron chi connectivity index (χ1n) is 10.4. The fourth-order valence-corrected chi connectivity index (χ4v) is 9.92. The van der Waals surface area contributed by atoms with Crippen molar-refractivity contribution in [2.24, 2.45) is 0 Å². The van der Waals surface area contributed by atoms with E-state index in [2.05, 4.69) is 121 Å². The molecular formula is C26H31Cu2NO3P3+3. The van der Waals surface area contributed by atoms with Crippen LogP contribution >= 0.6 is 25.7 Å². The zero-order chi connectivity index (χ0) is 22.6. The monoisotopic (exact) mass is 624 g/mol. The summed E-state index contributed by atoms with van der Waals surface area (Å²) in [6, 6.07) is 44.5. The van der Waals surface area contributed by atoms with Crippen molar-refractivity contribution in [3.63, 3.8) is 0 Å². The van der Waals surface area contributed by atoms with Crippen LogP contribution in [0.4, 0.5) is 0 Å². The van der Waals surface area contributed by atoms with Gasteiger partial charge in [-0.2, -0.15) is 9.90 Å². The van der Waals surface area contributed by atoms with Crippen molar-refractivity contribution in [3.8, 4) is 0 Å². The Balaban J connectivity index is 0.00000154. The molecular weight excluding hydrogens is 594 g/mol. The van der Waals surface area contributed by atoms with Crippen LogP contribution in [0.15, 0.2) is 121 Å². The van der Waals surface area contributed by atoms with Crippen LogP contribution in [0.1, 0.15) is 0 Å². The number of nitrogens with zero attached hydrogens (tertiary/aromatic N) is 1. The molecule has 0 aliphatic heterocycles. The Morgan fingerprint density at radius 2 is 0.657 bits per heavy atom. The molecule has 0 aliphatic rings. The second-order valence-corrected chi connectivity index (χ2v) is 12.4. The minimum atomic E-state index is -1.25. The van der Waals surface area contributed by atoms with Gasteiger partial charge in [-0.05, 0) is 48.5 Å². The van der Waals surface area contributed by atoms with Gasteiger partial charge in [0.15, 0.2) is 0 Å². The van der Waals surface area contributed by atoms with Crippen molar-refractivity contribution in [2.75, 3.05) is 12.3 Å².